The Balaban J connectivity index is 2.28. The number of halogens is 1. The molecule has 1 aromatic rings. The fourth-order valence-corrected chi connectivity index (χ4v) is 2.44. The number of methoxy groups -OCH3 is 1. The van der Waals surface area contributed by atoms with E-state index in [9.17, 15) is 9.59 Å². The Morgan fingerprint density at radius 2 is 2.21 bits per heavy atom. The minimum atomic E-state index is -0.417. The molecule has 0 aliphatic heterocycles. The van der Waals surface area contributed by atoms with Gasteiger partial charge in [0.2, 0.25) is 0 Å². The number of ether oxygens (including phenoxy) is 1. The molecule has 0 spiro atoms. The minimum absolute atomic E-state index is 0.0987. The number of rotatable bonds is 3. The van der Waals surface area contributed by atoms with Gasteiger partial charge in [-0.15, -0.1) is 0 Å². The van der Waals surface area contributed by atoms with E-state index in [-0.39, 0.29) is 5.78 Å². The summed E-state index contributed by atoms with van der Waals surface area (Å²) in [5.41, 5.74) is 1.70. The second kappa shape index (κ2) is 6.02. The monoisotopic (exact) mass is 323 g/mol. The predicted molar refractivity (Wildman–Crippen MR) is 76.0 cm³/mol. The molecule has 0 amide bonds. The van der Waals surface area contributed by atoms with E-state index in [1.165, 1.54) is 7.11 Å². The molecule has 4 nitrogen and oxygen atoms in total. The summed E-state index contributed by atoms with van der Waals surface area (Å²) in [7, 11) is 1.34. The third-order valence-electron chi connectivity index (χ3n) is 2.93. The van der Waals surface area contributed by atoms with Crippen LogP contribution in [0.15, 0.2) is 34.4 Å². The average molecular weight is 324 g/mol. The van der Waals surface area contributed by atoms with Crippen molar-refractivity contribution >= 4 is 33.4 Å². The maximum Gasteiger partial charge on any atom is 0.339 e. The van der Waals surface area contributed by atoms with Gasteiger partial charge in [-0.05, 0) is 40.9 Å². The number of Topliss-reactive ketones (excluding diaryl/α,β-unsaturated/α-hetero) is 1. The van der Waals surface area contributed by atoms with Gasteiger partial charge in [-0.1, -0.05) is 12.1 Å². The van der Waals surface area contributed by atoms with Crippen LogP contribution in [0.5, 0.6) is 0 Å². The SMILES string of the molecule is COC(=O)c1cccc(NC2=CCCCC2=O)c1Br. The Bertz CT molecular complexity index is 552. The van der Waals surface area contributed by atoms with Gasteiger partial charge in [0.1, 0.15) is 0 Å². The number of carbonyl (C=O) groups is 2. The summed E-state index contributed by atoms with van der Waals surface area (Å²) in [5.74, 6) is -0.318. The highest BCUT2D eigenvalue weighted by Crippen LogP contribution is 2.29. The fraction of sp³-hybridized carbons (Fsp3) is 0.286. The van der Waals surface area contributed by atoms with Crippen molar-refractivity contribution in [2.75, 3.05) is 12.4 Å². The zero-order valence-electron chi connectivity index (χ0n) is 10.5. The molecule has 0 radical (unpaired) electrons. The van der Waals surface area contributed by atoms with Gasteiger partial charge in [0.25, 0.3) is 0 Å². The maximum absolute atomic E-state index is 11.7. The molecule has 0 aromatic heterocycles. The van der Waals surface area contributed by atoms with Crippen LogP contribution in [0.1, 0.15) is 29.6 Å². The Labute approximate surface area is 120 Å². The van der Waals surface area contributed by atoms with Crippen LogP contribution in [0, 0.1) is 0 Å². The molecule has 1 aliphatic rings. The fourth-order valence-electron chi connectivity index (χ4n) is 1.92. The van der Waals surface area contributed by atoms with Crippen LogP contribution < -0.4 is 5.32 Å². The first-order valence-electron chi connectivity index (χ1n) is 6.00. The van der Waals surface area contributed by atoms with Gasteiger partial charge in [0.15, 0.2) is 5.78 Å². The van der Waals surface area contributed by atoms with Crippen LogP contribution in [0.25, 0.3) is 0 Å². The molecule has 19 heavy (non-hydrogen) atoms. The van der Waals surface area contributed by atoms with Gasteiger partial charge >= 0.3 is 5.97 Å². The lowest BCUT2D eigenvalue weighted by Crippen LogP contribution is -2.15. The van der Waals surface area contributed by atoms with E-state index >= 15 is 0 Å². The normalized spacial score (nSPS) is 14.8. The molecule has 5 heteroatoms. The van der Waals surface area contributed by atoms with Crippen LogP contribution in [-0.4, -0.2) is 18.9 Å². The van der Waals surface area contributed by atoms with Gasteiger partial charge in [0, 0.05) is 6.42 Å². The van der Waals surface area contributed by atoms with Crippen molar-refractivity contribution in [3.8, 4) is 0 Å². The minimum Gasteiger partial charge on any atom is -0.465 e. The lowest BCUT2D eigenvalue weighted by Gasteiger charge is -2.16. The van der Waals surface area contributed by atoms with Crippen molar-refractivity contribution in [2.24, 2.45) is 0 Å². The van der Waals surface area contributed by atoms with Crippen LogP contribution in [0.4, 0.5) is 5.69 Å². The van der Waals surface area contributed by atoms with Crippen LogP contribution in [-0.2, 0) is 9.53 Å². The smallest absolute Gasteiger partial charge is 0.339 e. The summed E-state index contributed by atoms with van der Waals surface area (Å²) >= 11 is 3.37. The van der Waals surface area contributed by atoms with Gasteiger partial charge in [-0.25, -0.2) is 4.79 Å². The largest absolute Gasteiger partial charge is 0.465 e. The highest BCUT2D eigenvalue weighted by atomic mass is 79.9. The number of carbonyl (C=O) groups excluding carboxylic acids is 2. The summed E-state index contributed by atoms with van der Waals surface area (Å²) in [5, 5.41) is 3.08. The molecular formula is C14H14BrNO3. The second-order valence-corrected chi connectivity index (χ2v) is 5.01. The van der Waals surface area contributed by atoms with Crippen LogP contribution in [0.3, 0.4) is 0 Å². The van der Waals surface area contributed by atoms with Crippen molar-refractivity contribution < 1.29 is 14.3 Å². The summed E-state index contributed by atoms with van der Waals surface area (Å²) < 4.78 is 5.30. The van der Waals surface area contributed by atoms with E-state index < -0.39 is 5.97 Å². The number of esters is 1. The molecule has 0 bridgehead atoms. The molecule has 100 valence electrons. The summed E-state index contributed by atoms with van der Waals surface area (Å²) in [6, 6.07) is 5.21. The molecule has 0 saturated heterocycles. The summed E-state index contributed by atoms with van der Waals surface area (Å²) in [6.45, 7) is 0. The van der Waals surface area contributed by atoms with E-state index in [0.29, 0.717) is 27.8 Å². The van der Waals surface area contributed by atoms with Crippen molar-refractivity contribution in [1.29, 1.82) is 0 Å². The Kier molecular flexibility index (Phi) is 4.37. The molecule has 2 rings (SSSR count). The van der Waals surface area contributed by atoms with Crippen molar-refractivity contribution in [3.05, 3.63) is 40.0 Å². The number of allylic oxidation sites excluding steroid dienone is 2. The number of anilines is 1. The van der Waals surface area contributed by atoms with Crippen LogP contribution >= 0.6 is 15.9 Å². The molecule has 0 saturated carbocycles. The number of hydrogen-bond donors (Lipinski definition) is 1. The lowest BCUT2D eigenvalue weighted by molar-refractivity contribution is -0.115. The van der Waals surface area contributed by atoms with Crippen molar-refractivity contribution in [2.45, 2.75) is 19.3 Å². The predicted octanol–water partition coefficient (Wildman–Crippen LogP) is 3.28. The average Bonchev–Trinajstić information content (AvgIpc) is 2.42. The number of nitrogens with one attached hydrogen (secondary N) is 1. The first-order valence-corrected chi connectivity index (χ1v) is 6.80. The first kappa shape index (κ1) is 13.8. The van der Waals surface area contributed by atoms with Gasteiger partial charge in [-0.3, -0.25) is 4.79 Å². The molecule has 0 atom stereocenters. The molecule has 1 aromatic carbocycles. The van der Waals surface area contributed by atoms with Gasteiger partial charge in [0.05, 0.1) is 28.5 Å². The highest BCUT2D eigenvalue weighted by molar-refractivity contribution is 9.10. The lowest BCUT2D eigenvalue weighted by atomic mass is 10.0. The second-order valence-electron chi connectivity index (χ2n) is 4.22. The quantitative estimate of drug-likeness (QED) is 0.867. The summed E-state index contributed by atoms with van der Waals surface area (Å²) in [4.78, 5) is 23.3. The van der Waals surface area contributed by atoms with Gasteiger partial charge in [-0.2, -0.15) is 0 Å². The zero-order valence-corrected chi connectivity index (χ0v) is 12.1. The van der Waals surface area contributed by atoms with Crippen molar-refractivity contribution in [1.82, 2.24) is 0 Å². The van der Waals surface area contributed by atoms with Gasteiger partial charge < -0.3 is 10.1 Å². The van der Waals surface area contributed by atoms with Crippen molar-refractivity contribution in [3.63, 3.8) is 0 Å². The van der Waals surface area contributed by atoms with E-state index in [1.807, 2.05) is 6.08 Å². The van der Waals surface area contributed by atoms with Crippen LogP contribution in [0.2, 0.25) is 0 Å². The highest BCUT2D eigenvalue weighted by Gasteiger charge is 2.17. The standard InChI is InChI=1S/C14H14BrNO3/c1-19-14(18)9-5-4-7-11(13(9)15)16-10-6-2-3-8-12(10)17/h4-7,16H,2-3,8H2,1H3. The molecule has 0 fully saturated rings. The van der Waals surface area contributed by atoms with E-state index in [2.05, 4.69) is 21.2 Å². The Morgan fingerprint density at radius 3 is 2.89 bits per heavy atom. The van der Waals surface area contributed by atoms with E-state index in [4.69, 9.17) is 4.74 Å². The summed E-state index contributed by atoms with van der Waals surface area (Å²) in [6.07, 6.45) is 4.24. The first-order chi connectivity index (χ1) is 9.13. The maximum atomic E-state index is 11.7. The molecule has 0 heterocycles. The third-order valence-corrected chi connectivity index (χ3v) is 3.78. The topological polar surface area (TPSA) is 55.4 Å². The molecular weight excluding hydrogens is 310 g/mol. The van der Waals surface area contributed by atoms with E-state index in [0.717, 1.165) is 12.8 Å². The Hall–Kier alpha value is -1.62. The number of benzene rings is 1. The Morgan fingerprint density at radius 1 is 1.42 bits per heavy atom. The zero-order chi connectivity index (χ0) is 13.8. The molecule has 1 aliphatic carbocycles. The third kappa shape index (κ3) is 3.04. The molecule has 1 N–H and O–H groups in total. The van der Waals surface area contributed by atoms with E-state index in [1.54, 1.807) is 18.2 Å². The number of ketones is 1. The number of hydrogen-bond acceptors (Lipinski definition) is 4. The molecule has 0 unspecified atom stereocenters.